The SMILES string of the molecule is COc1ccc(N2C(=S)N[C@H](c3ccccn3)[C@H]2c2cc(C)n(-c3cccc(C)c3C)c2C)cc1NC(C)=O. The van der Waals surface area contributed by atoms with Crippen molar-refractivity contribution >= 4 is 34.6 Å². The molecule has 1 fully saturated rings. The highest BCUT2D eigenvalue weighted by Gasteiger charge is 2.42. The summed E-state index contributed by atoms with van der Waals surface area (Å²) < 4.78 is 7.83. The summed E-state index contributed by atoms with van der Waals surface area (Å²) >= 11 is 5.94. The fourth-order valence-electron chi connectivity index (χ4n) is 5.52. The molecule has 200 valence electrons. The zero-order valence-electron chi connectivity index (χ0n) is 23.1. The monoisotopic (exact) mass is 539 g/mol. The summed E-state index contributed by atoms with van der Waals surface area (Å²) in [6.07, 6.45) is 1.81. The number of methoxy groups -OCH3 is 1. The predicted octanol–water partition coefficient (Wildman–Crippen LogP) is 6.25. The molecule has 0 radical (unpaired) electrons. The van der Waals surface area contributed by atoms with Gasteiger partial charge in [-0.05, 0) is 99.1 Å². The average molecular weight is 540 g/mol. The molecular formula is C31H33N5O2S. The number of aryl methyl sites for hydroxylation is 2. The molecule has 4 aromatic rings. The van der Waals surface area contributed by atoms with Crippen LogP contribution in [0.2, 0.25) is 0 Å². The van der Waals surface area contributed by atoms with Gasteiger partial charge in [0.1, 0.15) is 5.75 Å². The summed E-state index contributed by atoms with van der Waals surface area (Å²) in [5.41, 5.74) is 9.43. The van der Waals surface area contributed by atoms with Crippen LogP contribution in [-0.4, -0.2) is 27.7 Å². The third kappa shape index (κ3) is 4.76. The molecule has 7 nitrogen and oxygen atoms in total. The second kappa shape index (κ2) is 10.5. The maximum Gasteiger partial charge on any atom is 0.221 e. The molecule has 2 N–H and O–H groups in total. The Morgan fingerprint density at radius 3 is 2.54 bits per heavy atom. The van der Waals surface area contributed by atoms with Crippen LogP contribution in [0, 0.1) is 27.7 Å². The van der Waals surface area contributed by atoms with E-state index in [9.17, 15) is 4.79 Å². The predicted molar refractivity (Wildman–Crippen MR) is 160 cm³/mol. The van der Waals surface area contributed by atoms with Gasteiger partial charge in [0.15, 0.2) is 5.11 Å². The molecule has 5 rings (SSSR count). The summed E-state index contributed by atoms with van der Waals surface area (Å²) in [6, 6.07) is 20.0. The minimum Gasteiger partial charge on any atom is -0.495 e. The van der Waals surface area contributed by atoms with E-state index in [2.05, 4.69) is 72.1 Å². The maximum atomic E-state index is 11.9. The Kier molecular flexibility index (Phi) is 7.14. The van der Waals surface area contributed by atoms with Gasteiger partial charge in [0.2, 0.25) is 5.91 Å². The second-order valence-electron chi connectivity index (χ2n) is 9.94. The quantitative estimate of drug-likeness (QED) is 0.282. The molecule has 39 heavy (non-hydrogen) atoms. The molecule has 2 aromatic carbocycles. The normalized spacial score (nSPS) is 16.8. The number of pyridine rings is 1. The van der Waals surface area contributed by atoms with E-state index in [-0.39, 0.29) is 18.0 Å². The highest BCUT2D eigenvalue weighted by atomic mass is 32.1. The second-order valence-corrected chi connectivity index (χ2v) is 10.3. The van der Waals surface area contributed by atoms with Crippen molar-refractivity contribution in [1.82, 2.24) is 14.9 Å². The van der Waals surface area contributed by atoms with E-state index in [1.165, 1.54) is 23.7 Å². The van der Waals surface area contributed by atoms with E-state index < -0.39 is 0 Å². The maximum absolute atomic E-state index is 11.9. The number of rotatable bonds is 6. The van der Waals surface area contributed by atoms with E-state index >= 15 is 0 Å². The van der Waals surface area contributed by atoms with Gasteiger partial charge < -0.3 is 24.8 Å². The third-order valence-electron chi connectivity index (χ3n) is 7.48. The fraction of sp³-hybridized carbons (Fsp3) is 0.258. The number of carbonyl (C=O) groups excluding carboxylic acids is 1. The third-order valence-corrected chi connectivity index (χ3v) is 7.79. The molecule has 1 aliphatic rings. The van der Waals surface area contributed by atoms with Gasteiger partial charge in [-0.3, -0.25) is 9.78 Å². The van der Waals surface area contributed by atoms with Crippen molar-refractivity contribution in [2.75, 3.05) is 17.3 Å². The molecular weight excluding hydrogens is 506 g/mol. The number of anilines is 2. The smallest absolute Gasteiger partial charge is 0.221 e. The topological polar surface area (TPSA) is 71.4 Å². The standard InChI is InChI=1S/C31H33N5O2S/c1-18-10-9-12-27(20(18)3)35-19(2)16-24(21(35)4)30-29(25-11-7-8-15-32-25)34-31(39)36(30)23-13-14-28(38-6)26(17-23)33-22(5)37/h7-17,29-30H,1-6H3,(H,33,37)(H,34,39)/t29-,30-/m1/s1. The molecule has 1 saturated heterocycles. The lowest BCUT2D eigenvalue weighted by Crippen LogP contribution is -2.29. The Bertz CT molecular complexity index is 1560. The number of hydrogen-bond donors (Lipinski definition) is 2. The van der Waals surface area contributed by atoms with Crippen molar-refractivity contribution in [3.8, 4) is 11.4 Å². The van der Waals surface area contributed by atoms with Crippen LogP contribution in [0.15, 0.2) is 66.9 Å². The first-order valence-electron chi connectivity index (χ1n) is 12.9. The van der Waals surface area contributed by atoms with E-state index in [1.54, 1.807) is 13.3 Å². The lowest BCUT2D eigenvalue weighted by molar-refractivity contribution is -0.114. The van der Waals surface area contributed by atoms with Gasteiger partial charge in [0, 0.05) is 35.9 Å². The van der Waals surface area contributed by atoms with Crippen LogP contribution < -0.4 is 20.3 Å². The first-order chi connectivity index (χ1) is 18.7. The van der Waals surface area contributed by atoms with Gasteiger partial charge in [-0.25, -0.2) is 0 Å². The Hall–Kier alpha value is -4.17. The summed E-state index contributed by atoms with van der Waals surface area (Å²) in [7, 11) is 1.59. The number of benzene rings is 2. The van der Waals surface area contributed by atoms with Crippen molar-refractivity contribution in [3.05, 3.63) is 101 Å². The minimum absolute atomic E-state index is 0.174. The van der Waals surface area contributed by atoms with Crippen LogP contribution in [-0.2, 0) is 4.79 Å². The minimum atomic E-state index is -0.184. The Morgan fingerprint density at radius 2 is 1.85 bits per heavy atom. The average Bonchev–Trinajstić information content (AvgIpc) is 3.41. The zero-order chi connectivity index (χ0) is 27.8. The summed E-state index contributed by atoms with van der Waals surface area (Å²) in [5.74, 6) is 0.408. The van der Waals surface area contributed by atoms with E-state index in [0.29, 0.717) is 16.5 Å². The van der Waals surface area contributed by atoms with Crippen molar-refractivity contribution < 1.29 is 9.53 Å². The summed E-state index contributed by atoms with van der Waals surface area (Å²) in [6.45, 7) is 10.1. The molecule has 0 saturated carbocycles. The lowest BCUT2D eigenvalue weighted by atomic mass is 9.96. The molecule has 0 unspecified atom stereocenters. The van der Waals surface area contributed by atoms with Gasteiger partial charge >= 0.3 is 0 Å². The van der Waals surface area contributed by atoms with E-state index in [0.717, 1.165) is 28.3 Å². The van der Waals surface area contributed by atoms with Crippen LogP contribution >= 0.6 is 12.2 Å². The number of amides is 1. The Labute approximate surface area is 234 Å². The van der Waals surface area contributed by atoms with Crippen LogP contribution in [0.3, 0.4) is 0 Å². The van der Waals surface area contributed by atoms with Crippen LogP contribution in [0.1, 0.15) is 52.8 Å². The first kappa shape index (κ1) is 26.4. The largest absolute Gasteiger partial charge is 0.495 e. The van der Waals surface area contributed by atoms with Crippen LogP contribution in [0.5, 0.6) is 5.75 Å². The van der Waals surface area contributed by atoms with Gasteiger partial charge in [-0.1, -0.05) is 18.2 Å². The number of hydrogen-bond acceptors (Lipinski definition) is 4. The van der Waals surface area contributed by atoms with Gasteiger partial charge in [-0.15, -0.1) is 0 Å². The molecule has 0 spiro atoms. The molecule has 0 bridgehead atoms. The number of nitrogens with zero attached hydrogens (tertiary/aromatic N) is 3. The van der Waals surface area contributed by atoms with E-state index in [4.69, 9.17) is 21.9 Å². The zero-order valence-corrected chi connectivity index (χ0v) is 23.9. The van der Waals surface area contributed by atoms with Crippen molar-refractivity contribution in [2.45, 2.75) is 46.7 Å². The molecule has 8 heteroatoms. The first-order valence-corrected chi connectivity index (χ1v) is 13.3. The van der Waals surface area contributed by atoms with Gasteiger partial charge in [0.05, 0.1) is 30.6 Å². The molecule has 3 heterocycles. The molecule has 1 aliphatic heterocycles. The highest BCUT2D eigenvalue weighted by molar-refractivity contribution is 7.80. The number of nitrogens with one attached hydrogen (secondary N) is 2. The lowest BCUT2D eigenvalue weighted by Gasteiger charge is -2.29. The molecule has 2 aromatic heterocycles. The molecule has 0 aliphatic carbocycles. The summed E-state index contributed by atoms with van der Waals surface area (Å²) in [5, 5.41) is 7.02. The van der Waals surface area contributed by atoms with Crippen molar-refractivity contribution in [2.24, 2.45) is 0 Å². The van der Waals surface area contributed by atoms with Crippen LogP contribution in [0.25, 0.3) is 5.69 Å². The number of carbonyl (C=O) groups is 1. The van der Waals surface area contributed by atoms with E-state index in [1.807, 2.05) is 36.4 Å². The highest BCUT2D eigenvalue weighted by Crippen LogP contribution is 2.45. The van der Waals surface area contributed by atoms with Crippen molar-refractivity contribution in [1.29, 1.82) is 0 Å². The molecule has 2 atom stereocenters. The van der Waals surface area contributed by atoms with Gasteiger partial charge in [0.25, 0.3) is 0 Å². The van der Waals surface area contributed by atoms with Crippen LogP contribution in [0.4, 0.5) is 11.4 Å². The Morgan fingerprint density at radius 1 is 1.05 bits per heavy atom. The summed E-state index contributed by atoms with van der Waals surface area (Å²) in [4.78, 5) is 18.8. The Balaban J connectivity index is 1.70. The van der Waals surface area contributed by atoms with Crippen molar-refractivity contribution in [3.63, 3.8) is 0 Å². The number of thiocarbonyl (C=S) groups is 1. The van der Waals surface area contributed by atoms with Gasteiger partial charge in [-0.2, -0.15) is 0 Å². The fourth-order valence-corrected chi connectivity index (χ4v) is 5.86. The molecule has 1 amide bonds. The number of ether oxygens (including phenoxy) is 1. The number of aromatic nitrogens is 2.